The van der Waals surface area contributed by atoms with Crippen molar-refractivity contribution < 1.29 is 9.41 Å². The molecule has 2 aromatic rings. The Morgan fingerprint density at radius 1 is 1.00 bits per heavy atom. The second-order valence-electron chi connectivity index (χ2n) is 5.92. The molecule has 4 heteroatoms. The second kappa shape index (κ2) is 5.43. The first-order chi connectivity index (χ1) is 9.37. The molecule has 0 fully saturated rings. The van der Waals surface area contributed by atoms with E-state index in [9.17, 15) is 10.1 Å². The molecule has 0 unspecified atom stereocenters. The van der Waals surface area contributed by atoms with Gasteiger partial charge in [-0.25, -0.2) is 0 Å². The Hall–Kier alpha value is -2.20. The molecule has 0 bridgehead atoms. The Labute approximate surface area is 119 Å². The van der Waals surface area contributed by atoms with Gasteiger partial charge in [-0.2, -0.15) is 0 Å². The summed E-state index contributed by atoms with van der Waals surface area (Å²) >= 11 is 0. The number of hydrogen-bond donors (Lipinski definition) is 0. The van der Waals surface area contributed by atoms with E-state index in [1.54, 1.807) is 6.07 Å². The molecule has 0 saturated carbocycles. The summed E-state index contributed by atoms with van der Waals surface area (Å²) in [7, 11) is 6.07. The molecule has 0 radical (unpaired) electrons. The van der Waals surface area contributed by atoms with Gasteiger partial charge in [-0.3, -0.25) is 10.1 Å². The third kappa shape index (κ3) is 3.42. The monoisotopic (exact) mass is 271 g/mol. The highest BCUT2D eigenvalue weighted by Gasteiger charge is 2.20. The fourth-order valence-electron chi connectivity index (χ4n) is 2.19. The average Bonchev–Trinajstić information content (AvgIpc) is 2.38. The van der Waals surface area contributed by atoms with Gasteiger partial charge < -0.3 is 4.48 Å². The van der Waals surface area contributed by atoms with Crippen molar-refractivity contribution in [2.75, 3.05) is 21.1 Å². The third-order valence-corrected chi connectivity index (χ3v) is 3.03. The maximum Gasteiger partial charge on any atom is 0.278 e. The Bertz CT molecular complexity index is 616. The summed E-state index contributed by atoms with van der Waals surface area (Å²) in [4.78, 5) is 11.0. The van der Waals surface area contributed by atoms with Crippen LogP contribution < -0.4 is 0 Å². The largest absolute Gasteiger partial charge is 0.327 e. The van der Waals surface area contributed by atoms with Crippen LogP contribution in [0, 0.1) is 10.1 Å². The van der Waals surface area contributed by atoms with Gasteiger partial charge in [0.1, 0.15) is 6.54 Å². The van der Waals surface area contributed by atoms with Gasteiger partial charge in [-0.1, -0.05) is 36.4 Å². The molecular weight excluding hydrogens is 252 g/mol. The number of rotatable bonds is 4. The summed E-state index contributed by atoms with van der Waals surface area (Å²) in [5.74, 6) is 0. The molecule has 0 N–H and O–H groups in total. The highest BCUT2D eigenvalue weighted by atomic mass is 16.6. The molecule has 0 saturated heterocycles. The molecule has 0 aromatic heterocycles. The zero-order valence-corrected chi connectivity index (χ0v) is 12.0. The summed E-state index contributed by atoms with van der Waals surface area (Å²) < 4.78 is 0.658. The van der Waals surface area contributed by atoms with Crippen molar-refractivity contribution in [1.82, 2.24) is 0 Å². The number of quaternary nitrogens is 1. The average molecular weight is 271 g/mol. The summed E-state index contributed by atoms with van der Waals surface area (Å²) in [6.07, 6.45) is 0. The van der Waals surface area contributed by atoms with Crippen LogP contribution in [0.4, 0.5) is 5.69 Å². The molecule has 0 spiro atoms. The van der Waals surface area contributed by atoms with E-state index in [0.717, 1.165) is 16.7 Å². The number of nitrogens with zero attached hydrogens (tertiary/aromatic N) is 2. The number of hydrogen-bond acceptors (Lipinski definition) is 2. The van der Waals surface area contributed by atoms with E-state index in [1.165, 1.54) is 0 Å². The van der Waals surface area contributed by atoms with Crippen molar-refractivity contribution in [2.45, 2.75) is 6.54 Å². The van der Waals surface area contributed by atoms with Crippen molar-refractivity contribution in [3.63, 3.8) is 0 Å². The van der Waals surface area contributed by atoms with Crippen LogP contribution in [0.15, 0.2) is 48.5 Å². The fraction of sp³-hybridized carbons (Fsp3) is 0.250. The molecule has 20 heavy (non-hydrogen) atoms. The normalized spacial score (nSPS) is 11.3. The smallest absolute Gasteiger partial charge is 0.278 e. The maximum atomic E-state index is 11.3. The van der Waals surface area contributed by atoms with Crippen molar-refractivity contribution in [2.24, 2.45) is 0 Å². The second-order valence-corrected chi connectivity index (χ2v) is 5.92. The molecule has 0 aliphatic rings. The lowest BCUT2D eigenvalue weighted by Crippen LogP contribution is -2.33. The van der Waals surface area contributed by atoms with Crippen LogP contribution >= 0.6 is 0 Å². The van der Waals surface area contributed by atoms with Crippen LogP contribution in [-0.4, -0.2) is 30.5 Å². The summed E-state index contributed by atoms with van der Waals surface area (Å²) in [6.45, 7) is 0.630. The zero-order chi connectivity index (χ0) is 14.8. The lowest BCUT2D eigenvalue weighted by atomic mass is 10.0. The van der Waals surface area contributed by atoms with Crippen molar-refractivity contribution >= 4 is 5.69 Å². The molecule has 0 heterocycles. The number of benzene rings is 2. The lowest BCUT2D eigenvalue weighted by Gasteiger charge is -2.23. The highest BCUT2D eigenvalue weighted by Crippen LogP contribution is 2.28. The SMILES string of the molecule is C[N+](C)(C)Cc1ccc(-c2ccccc2)cc1[N+](=O)[O-]. The van der Waals surface area contributed by atoms with Gasteiger partial charge in [-0.15, -0.1) is 0 Å². The van der Waals surface area contributed by atoms with E-state index in [1.807, 2.05) is 63.6 Å². The molecule has 0 aliphatic carbocycles. The van der Waals surface area contributed by atoms with Crippen LogP contribution in [0.3, 0.4) is 0 Å². The quantitative estimate of drug-likeness (QED) is 0.485. The van der Waals surface area contributed by atoms with Gasteiger partial charge in [0.05, 0.1) is 31.6 Å². The van der Waals surface area contributed by atoms with E-state index >= 15 is 0 Å². The molecule has 0 atom stereocenters. The van der Waals surface area contributed by atoms with Gasteiger partial charge in [0.15, 0.2) is 0 Å². The Morgan fingerprint density at radius 3 is 2.20 bits per heavy atom. The minimum Gasteiger partial charge on any atom is -0.327 e. The van der Waals surface area contributed by atoms with Gasteiger partial charge in [-0.05, 0) is 17.2 Å². The molecule has 2 aromatic carbocycles. The molecule has 0 amide bonds. The molecule has 104 valence electrons. The first-order valence-corrected chi connectivity index (χ1v) is 6.50. The Balaban J connectivity index is 2.46. The van der Waals surface area contributed by atoms with Crippen LogP contribution in [-0.2, 0) is 6.54 Å². The third-order valence-electron chi connectivity index (χ3n) is 3.03. The first-order valence-electron chi connectivity index (χ1n) is 6.50. The predicted molar refractivity (Wildman–Crippen MR) is 80.3 cm³/mol. The van der Waals surface area contributed by atoms with Gasteiger partial charge in [0.2, 0.25) is 0 Å². The summed E-state index contributed by atoms with van der Waals surface area (Å²) in [6, 6.07) is 15.2. The standard InChI is InChI=1S/C16H19N2O2/c1-18(2,3)12-15-10-9-14(11-16(15)17(19)20)13-7-5-4-6-8-13/h4-11H,12H2,1-3H3/q+1. The Morgan fingerprint density at radius 2 is 1.65 bits per heavy atom. The molecule has 0 aliphatic heterocycles. The summed E-state index contributed by atoms with van der Waals surface area (Å²) in [5.41, 5.74) is 2.83. The molecular formula is C16H19N2O2+. The first kappa shape index (κ1) is 14.2. The van der Waals surface area contributed by atoms with E-state index in [-0.39, 0.29) is 10.6 Å². The fourth-order valence-corrected chi connectivity index (χ4v) is 2.19. The van der Waals surface area contributed by atoms with E-state index in [2.05, 4.69) is 0 Å². The zero-order valence-electron chi connectivity index (χ0n) is 12.0. The minimum atomic E-state index is -0.294. The predicted octanol–water partition coefficient (Wildman–Crippen LogP) is 3.47. The number of nitro benzene ring substituents is 1. The Kier molecular flexibility index (Phi) is 3.86. The van der Waals surface area contributed by atoms with Crippen molar-refractivity contribution in [3.8, 4) is 11.1 Å². The van der Waals surface area contributed by atoms with E-state index in [0.29, 0.717) is 11.0 Å². The molecule has 4 nitrogen and oxygen atoms in total. The summed E-state index contributed by atoms with van der Waals surface area (Å²) in [5, 5.41) is 11.3. The maximum absolute atomic E-state index is 11.3. The van der Waals surface area contributed by atoms with Crippen LogP contribution in [0.25, 0.3) is 11.1 Å². The van der Waals surface area contributed by atoms with Gasteiger partial charge in [0.25, 0.3) is 5.69 Å². The van der Waals surface area contributed by atoms with E-state index in [4.69, 9.17) is 0 Å². The van der Waals surface area contributed by atoms with E-state index < -0.39 is 0 Å². The van der Waals surface area contributed by atoms with Crippen LogP contribution in [0.2, 0.25) is 0 Å². The topological polar surface area (TPSA) is 43.1 Å². The van der Waals surface area contributed by atoms with Crippen molar-refractivity contribution in [3.05, 3.63) is 64.2 Å². The minimum absolute atomic E-state index is 0.194. The molecule has 2 rings (SSSR count). The highest BCUT2D eigenvalue weighted by molar-refractivity contribution is 5.67. The van der Waals surface area contributed by atoms with Gasteiger partial charge >= 0.3 is 0 Å². The number of nitro groups is 1. The van der Waals surface area contributed by atoms with Gasteiger partial charge in [0, 0.05) is 6.07 Å². The van der Waals surface area contributed by atoms with Crippen LogP contribution in [0.1, 0.15) is 5.56 Å². The lowest BCUT2D eigenvalue weighted by molar-refractivity contribution is -0.884. The van der Waals surface area contributed by atoms with Crippen LogP contribution in [0.5, 0.6) is 0 Å². The van der Waals surface area contributed by atoms with Crippen molar-refractivity contribution in [1.29, 1.82) is 0 Å².